The summed E-state index contributed by atoms with van der Waals surface area (Å²) >= 11 is 7.16. The number of fused-ring (bicyclic) bond motifs is 2. The first-order valence-electron chi connectivity index (χ1n) is 15.0. The summed E-state index contributed by atoms with van der Waals surface area (Å²) in [6.45, 7) is 14.9. The number of aryl methyl sites for hydroxylation is 2. The fourth-order valence-corrected chi connectivity index (χ4v) is 6.85. The van der Waals surface area contributed by atoms with E-state index in [4.69, 9.17) is 11.6 Å². The Morgan fingerprint density at radius 3 is 2.62 bits per heavy atom. The highest BCUT2D eigenvalue weighted by molar-refractivity contribution is 6.35. The average molecular weight is 620 g/mol. The Bertz CT molecular complexity index is 2120. The van der Waals surface area contributed by atoms with Crippen LogP contribution in [0.4, 0.5) is 5.69 Å². The van der Waals surface area contributed by atoms with Crippen molar-refractivity contribution in [3.05, 3.63) is 93.1 Å². The second kappa shape index (κ2) is 11.5. The molecule has 0 radical (unpaired) electrons. The van der Waals surface area contributed by atoms with Crippen molar-refractivity contribution in [1.82, 2.24) is 24.6 Å². The van der Waals surface area contributed by atoms with Crippen LogP contribution in [0.5, 0.6) is 0 Å². The molecule has 6 rings (SSSR count). The van der Waals surface area contributed by atoms with Crippen molar-refractivity contribution in [2.24, 2.45) is 0 Å². The van der Waals surface area contributed by atoms with Gasteiger partial charge >= 0.3 is 0 Å². The summed E-state index contributed by atoms with van der Waals surface area (Å²) < 4.78 is 1.64. The van der Waals surface area contributed by atoms with Crippen LogP contribution in [0.25, 0.3) is 38.6 Å². The first-order chi connectivity index (χ1) is 21.6. The highest BCUT2D eigenvalue weighted by Crippen LogP contribution is 2.42. The molecule has 228 valence electrons. The molecule has 0 spiro atoms. The van der Waals surface area contributed by atoms with E-state index < -0.39 is 5.56 Å². The smallest absolute Gasteiger partial charge is 0.275 e. The number of H-pyrrole nitrogens is 1. The van der Waals surface area contributed by atoms with Crippen molar-refractivity contribution in [3.63, 3.8) is 0 Å². The lowest BCUT2D eigenvalue weighted by Gasteiger charge is -2.41. The van der Waals surface area contributed by atoms with Gasteiger partial charge in [0.25, 0.3) is 5.56 Å². The van der Waals surface area contributed by atoms with Gasteiger partial charge < -0.3 is 9.80 Å². The molecule has 4 heterocycles. The number of carbonyl (C=O) groups excluding carboxylic acids is 1. The number of hydrogen-bond acceptors (Lipinski definition) is 6. The standard InChI is InChI=1S/C35H34ClN7O2/c1-7-30(44)41-12-13-42(22(6)18-41)34-24-14-27(36)23(31-20(4)8-9-28-26(31)17-39-40-28)15-29(24)43(35(45)25(34)16-37)33-21(5)10-11-38-32(33)19(2)3/h7-11,14-15,17,19,22H,1,12-13,18H2,2-6H3,(H,39,40)/t22-/m0/s1. The SMILES string of the molecule is C=CC(=O)N1CCN(c2c(C#N)c(=O)n(-c3c(C)ccnc3C(C)C)c3cc(-c4c(C)ccc5[nH]ncc45)c(Cl)cc23)[C@@H](C)C1. The zero-order valence-corrected chi connectivity index (χ0v) is 26.7. The number of amides is 1. The van der Waals surface area contributed by atoms with Crippen LogP contribution in [-0.2, 0) is 4.79 Å². The van der Waals surface area contributed by atoms with E-state index >= 15 is 0 Å². The molecule has 0 unspecified atom stereocenters. The Morgan fingerprint density at radius 2 is 1.93 bits per heavy atom. The van der Waals surface area contributed by atoms with Crippen molar-refractivity contribution >= 4 is 45.0 Å². The summed E-state index contributed by atoms with van der Waals surface area (Å²) in [6.07, 6.45) is 4.84. The monoisotopic (exact) mass is 619 g/mol. The molecular formula is C35H34ClN7O2. The first kappa shape index (κ1) is 30.1. The second-order valence-electron chi connectivity index (χ2n) is 12.0. The predicted octanol–water partition coefficient (Wildman–Crippen LogP) is 6.42. The number of rotatable bonds is 5. The number of halogens is 1. The first-order valence-corrected chi connectivity index (χ1v) is 15.3. The third-order valence-electron chi connectivity index (χ3n) is 8.77. The van der Waals surface area contributed by atoms with Crippen molar-refractivity contribution in [2.45, 2.75) is 46.6 Å². The Labute approximate surface area is 266 Å². The van der Waals surface area contributed by atoms with Crippen LogP contribution in [0, 0.1) is 25.2 Å². The van der Waals surface area contributed by atoms with Gasteiger partial charge in [0.2, 0.25) is 5.91 Å². The number of carbonyl (C=O) groups is 1. The summed E-state index contributed by atoms with van der Waals surface area (Å²) in [5, 5.41) is 20.0. The molecule has 9 nitrogen and oxygen atoms in total. The second-order valence-corrected chi connectivity index (χ2v) is 12.4. The minimum atomic E-state index is -0.429. The molecule has 1 amide bonds. The third kappa shape index (κ3) is 4.86. The van der Waals surface area contributed by atoms with Gasteiger partial charge in [-0.15, -0.1) is 0 Å². The fraction of sp³-hybridized carbons (Fsp3) is 0.286. The summed E-state index contributed by atoms with van der Waals surface area (Å²) in [4.78, 5) is 35.6. The Hall–Kier alpha value is -4.94. The fourth-order valence-electron chi connectivity index (χ4n) is 6.59. The molecule has 1 fully saturated rings. The highest BCUT2D eigenvalue weighted by Gasteiger charge is 2.32. The zero-order chi connectivity index (χ0) is 32.2. The van der Waals surface area contributed by atoms with Crippen LogP contribution in [0.3, 0.4) is 0 Å². The van der Waals surface area contributed by atoms with Gasteiger partial charge in [-0.3, -0.25) is 24.2 Å². The number of nitriles is 1. The van der Waals surface area contributed by atoms with E-state index in [1.807, 2.05) is 65.0 Å². The maximum Gasteiger partial charge on any atom is 0.275 e. The number of piperazine rings is 1. The quantitative estimate of drug-likeness (QED) is 0.227. The number of nitrogens with zero attached hydrogens (tertiary/aromatic N) is 6. The summed E-state index contributed by atoms with van der Waals surface area (Å²) in [7, 11) is 0. The van der Waals surface area contributed by atoms with Crippen LogP contribution < -0.4 is 10.5 Å². The Kier molecular flexibility index (Phi) is 7.71. The third-order valence-corrected chi connectivity index (χ3v) is 9.09. The van der Waals surface area contributed by atoms with E-state index in [1.165, 1.54) is 6.08 Å². The minimum absolute atomic E-state index is 0.0104. The van der Waals surface area contributed by atoms with Gasteiger partial charge in [0.1, 0.15) is 11.6 Å². The lowest BCUT2D eigenvalue weighted by Crippen LogP contribution is -2.54. The molecule has 1 aliphatic heterocycles. The van der Waals surface area contributed by atoms with Gasteiger partial charge in [0.15, 0.2) is 0 Å². The van der Waals surface area contributed by atoms with E-state index in [-0.39, 0.29) is 23.4 Å². The topological polar surface area (TPSA) is 111 Å². The maximum atomic E-state index is 14.7. The van der Waals surface area contributed by atoms with Crippen LogP contribution in [-0.4, -0.2) is 56.2 Å². The molecule has 2 aromatic carbocycles. The molecule has 3 aromatic heterocycles. The lowest BCUT2D eigenvalue weighted by molar-refractivity contribution is -0.126. The zero-order valence-electron chi connectivity index (χ0n) is 26.0. The molecule has 1 aliphatic rings. The predicted molar refractivity (Wildman–Crippen MR) is 179 cm³/mol. The number of nitrogens with one attached hydrogen (secondary N) is 1. The molecule has 1 N–H and O–H groups in total. The molecule has 0 aliphatic carbocycles. The van der Waals surface area contributed by atoms with Crippen molar-refractivity contribution in [3.8, 4) is 22.9 Å². The summed E-state index contributed by atoms with van der Waals surface area (Å²) in [5.41, 5.74) is 6.54. The van der Waals surface area contributed by atoms with E-state index in [9.17, 15) is 14.9 Å². The molecule has 0 saturated carbocycles. The number of anilines is 1. The van der Waals surface area contributed by atoms with E-state index in [0.717, 1.165) is 38.9 Å². The van der Waals surface area contributed by atoms with Crippen molar-refractivity contribution < 1.29 is 4.79 Å². The Balaban J connectivity index is 1.74. The summed E-state index contributed by atoms with van der Waals surface area (Å²) in [6, 6.07) is 11.8. The molecule has 45 heavy (non-hydrogen) atoms. The molecule has 1 saturated heterocycles. The van der Waals surface area contributed by atoms with E-state index in [2.05, 4.69) is 32.7 Å². The van der Waals surface area contributed by atoms with Gasteiger partial charge in [-0.25, -0.2) is 0 Å². The number of hydrogen-bond donors (Lipinski definition) is 1. The van der Waals surface area contributed by atoms with Crippen molar-refractivity contribution in [2.75, 3.05) is 24.5 Å². The lowest BCUT2D eigenvalue weighted by atomic mass is 9.94. The van der Waals surface area contributed by atoms with E-state index in [0.29, 0.717) is 46.9 Å². The van der Waals surface area contributed by atoms with Crippen LogP contribution in [0.1, 0.15) is 49.1 Å². The van der Waals surface area contributed by atoms with Gasteiger partial charge in [0, 0.05) is 53.2 Å². The minimum Gasteiger partial charge on any atom is -0.363 e. The molecule has 10 heteroatoms. The molecule has 0 bridgehead atoms. The number of benzene rings is 2. The molecule has 5 aromatic rings. The number of aromatic amines is 1. The largest absolute Gasteiger partial charge is 0.363 e. The maximum absolute atomic E-state index is 14.7. The molecular weight excluding hydrogens is 586 g/mol. The van der Waals surface area contributed by atoms with Crippen LogP contribution in [0.15, 0.2) is 60.2 Å². The number of aromatic nitrogens is 4. The van der Waals surface area contributed by atoms with Gasteiger partial charge in [-0.05, 0) is 73.7 Å². The highest BCUT2D eigenvalue weighted by atomic mass is 35.5. The Morgan fingerprint density at radius 1 is 1.16 bits per heavy atom. The van der Waals surface area contributed by atoms with Gasteiger partial charge in [0.05, 0.1) is 34.3 Å². The van der Waals surface area contributed by atoms with Gasteiger partial charge in [-0.1, -0.05) is 38.1 Å². The summed E-state index contributed by atoms with van der Waals surface area (Å²) in [5.74, 6) is -0.136. The van der Waals surface area contributed by atoms with Crippen LogP contribution >= 0.6 is 11.6 Å². The average Bonchev–Trinajstić information content (AvgIpc) is 3.49. The normalized spacial score (nSPS) is 15.2. The van der Waals surface area contributed by atoms with E-state index in [1.54, 1.807) is 21.9 Å². The van der Waals surface area contributed by atoms with Gasteiger partial charge in [-0.2, -0.15) is 10.4 Å². The number of pyridine rings is 2. The van der Waals surface area contributed by atoms with Crippen molar-refractivity contribution in [1.29, 1.82) is 5.26 Å². The van der Waals surface area contributed by atoms with Crippen LogP contribution in [0.2, 0.25) is 5.02 Å². The molecule has 1 atom stereocenters.